The SMILES string of the molecule is CCC(=O)OC1(C)CCCC(C)(C)C12CCCO2. The Morgan fingerprint density at radius 2 is 1.89 bits per heavy atom. The maximum atomic E-state index is 11.8. The molecule has 3 heteroatoms. The number of carbonyl (C=O) groups excluding carboxylic acids is 1. The normalized spacial score (nSPS) is 38.9. The van der Waals surface area contributed by atoms with Crippen molar-refractivity contribution in [1.82, 2.24) is 0 Å². The number of hydrogen-bond donors (Lipinski definition) is 0. The molecule has 2 atom stereocenters. The summed E-state index contributed by atoms with van der Waals surface area (Å²) in [6.07, 6.45) is 5.68. The first-order valence-electron chi connectivity index (χ1n) is 7.23. The van der Waals surface area contributed by atoms with Crippen molar-refractivity contribution >= 4 is 5.97 Å². The van der Waals surface area contributed by atoms with Crippen molar-refractivity contribution in [2.45, 2.75) is 77.4 Å². The fraction of sp³-hybridized carbons (Fsp3) is 0.933. The Labute approximate surface area is 110 Å². The summed E-state index contributed by atoms with van der Waals surface area (Å²) in [4.78, 5) is 11.8. The van der Waals surface area contributed by atoms with Crippen molar-refractivity contribution in [3.8, 4) is 0 Å². The van der Waals surface area contributed by atoms with Crippen LogP contribution in [-0.4, -0.2) is 23.8 Å². The molecule has 0 aromatic rings. The summed E-state index contributed by atoms with van der Waals surface area (Å²) in [6, 6.07) is 0. The van der Waals surface area contributed by atoms with Crippen molar-refractivity contribution in [3.05, 3.63) is 0 Å². The van der Waals surface area contributed by atoms with Crippen LogP contribution in [0.2, 0.25) is 0 Å². The average Bonchev–Trinajstić information content (AvgIpc) is 2.77. The molecule has 1 aliphatic carbocycles. The molecule has 0 aromatic carbocycles. The molecule has 0 aromatic heterocycles. The standard InChI is InChI=1S/C15H26O3/c1-5-12(16)18-14(4)9-6-8-13(2,3)15(14)10-7-11-17-15/h5-11H2,1-4H3. The molecule has 1 heterocycles. The Morgan fingerprint density at radius 3 is 2.44 bits per heavy atom. The first-order valence-corrected chi connectivity index (χ1v) is 7.23. The number of ether oxygens (including phenoxy) is 2. The third kappa shape index (κ3) is 1.87. The minimum absolute atomic E-state index is 0.0739. The summed E-state index contributed by atoms with van der Waals surface area (Å²) in [6.45, 7) is 9.24. The van der Waals surface area contributed by atoms with Crippen molar-refractivity contribution in [2.75, 3.05) is 6.61 Å². The zero-order valence-electron chi connectivity index (χ0n) is 12.2. The Morgan fingerprint density at radius 1 is 1.17 bits per heavy atom. The minimum atomic E-state index is -0.460. The smallest absolute Gasteiger partial charge is 0.306 e. The zero-order valence-corrected chi connectivity index (χ0v) is 12.2. The topological polar surface area (TPSA) is 35.5 Å². The van der Waals surface area contributed by atoms with Gasteiger partial charge in [-0.15, -0.1) is 0 Å². The van der Waals surface area contributed by atoms with Crippen LogP contribution in [0.5, 0.6) is 0 Å². The molecule has 1 aliphatic heterocycles. The van der Waals surface area contributed by atoms with Gasteiger partial charge >= 0.3 is 5.97 Å². The first kappa shape index (κ1) is 13.9. The van der Waals surface area contributed by atoms with Gasteiger partial charge in [-0.1, -0.05) is 20.8 Å². The van der Waals surface area contributed by atoms with Crippen LogP contribution in [0.15, 0.2) is 0 Å². The van der Waals surface area contributed by atoms with E-state index in [4.69, 9.17) is 9.47 Å². The molecular weight excluding hydrogens is 228 g/mol. The van der Waals surface area contributed by atoms with Crippen LogP contribution >= 0.6 is 0 Å². The second-order valence-electron chi connectivity index (χ2n) is 6.57. The molecule has 0 bridgehead atoms. The van der Waals surface area contributed by atoms with E-state index >= 15 is 0 Å². The summed E-state index contributed by atoms with van der Waals surface area (Å²) in [5.41, 5.74) is -0.675. The molecule has 2 aliphatic rings. The molecule has 104 valence electrons. The van der Waals surface area contributed by atoms with Crippen LogP contribution in [0.3, 0.4) is 0 Å². The molecule has 0 amide bonds. The second kappa shape index (κ2) is 4.52. The molecule has 3 nitrogen and oxygen atoms in total. The van der Waals surface area contributed by atoms with Gasteiger partial charge < -0.3 is 9.47 Å². The van der Waals surface area contributed by atoms with Crippen LogP contribution in [0.25, 0.3) is 0 Å². The first-order chi connectivity index (χ1) is 8.37. The summed E-state index contributed by atoms with van der Waals surface area (Å²) in [7, 11) is 0. The van der Waals surface area contributed by atoms with E-state index in [9.17, 15) is 4.79 Å². The maximum Gasteiger partial charge on any atom is 0.306 e. The lowest BCUT2D eigenvalue weighted by molar-refractivity contribution is -0.243. The van der Waals surface area contributed by atoms with Crippen molar-refractivity contribution in [1.29, 1.82) is 0 Å². The highest BCUT2D eigenvalue weighted by Crippen LogP contribution is 2.57. The molecule has 0 radical (unpaired) electrons. The van der Waals surface area contributed by atoms with Gasteiger partial charge in [0.2, 0.25) is 0 Å². The van der Waals surface area contributed by atoms with E-state index in [1.807, 2.05) is 6.92 Å². The van der Waals surface area contributed by atoms with Gasteiger partial charge in [-0.2, -0.15) is 0 Å². The van der Waals surface area contributed by atoms with Gasteiger partial charge in [0, 0.05) is 13.0 Å². The van der Waals surface area contributed by atoms with Crippen LogP contribution in [0.1, 0.15) is 66.2 Å². The third-order valence-electron chi connectivity index (χ3n) is 5.05. The molecule has 2 unspecified atom stereocenters. The predicted octanol–water partition coefficient (Wildman–Crippen LogP) is 3.46. The van der Waals surface area contributed by atoms with Gasteiger partial charge in [-0.25, -0.2) is 0 Å². The molecule has 2 fully saturated rings. The third-order valence-corrected chi connectivity index (χ3v) is 5.05. The van der Waals surface area contributed by atoms with Crippen molar-refractivity contribution in [3.63, 3.8) is 0 Å². The van der Waals surface area contributed by atoms with Crippen LogP contribution in [0.4, 0.5) is 0 Å². The fourth-order valence-electron chi connectivity index (χ4n) is 4.03. The van der Waals surface area contributed by atoms with E-state index in [0.717, 1.165) is 38.7 Å². The zero-order chi connectivity index (χ0) is 13.4. The van der Waals surface area contributed by atoms with Crippen LogP contribution < -0.4 is 0 Å². The number of esters is 1. The van der Waals surface area contributed by atoms with Gasteiger partial charge in [0.25, 0.3) is 0 Å². The molecule has 2 rings (SSSR count). The monoisotopic (exact) mass is 254 g/mol. The lowest BCUT2D eigenvalue weighted by atomic mass is 9.57. The van der Waals surface area contributed by atoms with Gasteiger partial charge in [-0.05, 0) is 44.4 Å². The highest BCUT2D eigenvalue weighted by atomic mass is 16.6. The number of carbonyl (C=O) groups is 1. The highest BCUT2D eigenvalue weighted by molar-refractivity contribution is 5.69. The second-order valence-corrected chi connectivity index (χ2v) is 6.57. The van der Waals surface area contributed by atoms with E-state index in [2.05, 4.69) is 20.8 Å². The Bertz CT molecular complexity index is 329. The van der Waals surface area contributed by atoms with Gasteiger partial charge in [0.1, 0.15) is 11.2 Å². The van der Waals surface area contributed by atoms with Gasteiger partial charge in [0.05, 0.1) is 0 Å². The van der Waals surface area contributed by atoms with E-state index in [0.29, 0.717) is 6.42 Å². The van der Waals surface area contributed by atoms with E-state index in [1.54, 1.807) is 0 Å². The summed E-state index contributed by atoms with van der Waals surface area (Å²) in [5.74, 6) is -0.106. The van der Waals surface area contributed by atoms with Gasteiger partial charge in [0.15, 0.2) is 0 Å². The predicted molar refractivity (Wildman–Crippen MR) is 70.3 cm³/mol. The molecule has 1 saturated carbocycles. The molecule has 1 spiro atoms. The minimum Gasteiger partial charge on any atom is -0.456 e. The Kier molecular flexibility index (Phi) is 3.48. The Balaban J connectivity index is 2.34. The van der Waals surface area contributed by atoms with Gasteiger partial charge in [-0.3, -0.25) is 4.79 Å². The molecule has 1 saturated heterocycles. The van der Waals surface area contributed by atoms with Crippen LogP contribution in [-0.2, 0) is 14.3 Å². The van der Waals surface area contributed by atoms with E-state index in [1.165, 1.54) is 0 Å². The molecule has 0 N–H and O–H groups in total. The van der Waals surface area contributed by atoms with E-state index in [-0.39, 0.29) is 17.0 Å². The van der Waals surface area contributed by atoms with Crippen molar-refractivity contribution in [2.24, 2.45) is 5.41 Å². The Hall–Kier alpha value is -0.570. The summed E-state index contributed by atoms with van der Waals surface area (Å²) < 4.78 is 12.0. The fourth-order valence-corrected chi connectivity index (χ4v) is 4.03. The largest absolute Gasteiger partial charge is 0.456 e. The van der Waals surface area contributed by atoms with E-state index < -0.39 is 5.60 Å². The average molecular weight is 254 g/mol. The molecular formula is C15H26O3. The summed E-state index contributed by atoms with van der Waals surface area (Å²) in [5, 5.41) is 0. The lowest BCUT2D eigenvalue weighted by Gasteiger charge is -2.57. The van der Waals surface area contributed by atoms with Crippen LogP contribution in [0, 0.1) is 5.41 Å². The number of hydrogen-bond acceptors (Lipinski definition) is 3. The van der Waals surface area contributed by atoms with Crippen molar-refractivity contribution < 1.29 is 14.3 Å². The lowest BCUT2D eigenvalue weighted by Crippen LogP contribution is -2.64. The number of rotatable bonds is 2. The molecule has 18 heavy (non-hydrogen) atoms. The highest BCUT2D eigenvalue weighted by Gasteiger charge is 2.63. The maximum absolute atomic E-state index is 11.8. The summed E-state index contributed by atoms with van der Waals surface area (Å²) >= 11 is 0. The quantitative estimate of drug-likeness (QED) is 0.708.